The Morgan fingerprint density at radius 3 is 2.42 bits per heavy atom. The quantitative estimate of drug-likeness (QED) is 0.638. The van der Waals surface area contributed by atoms with Crippen LogP contribution in [0.4, 0.5) is 17.6 Å². The van der Waals surface area contributed by atoms with Gasteiger partial charge in [0.2, 0.25) is 0 Å². The number of imidazole rings is 2. The molecule has 3 aromatic rings. The molecule has 3 rings (SSSR count). The molecule has 0 fully saturated rings. The van der Waals surface area contributed by atoms with Gasteiger partial charge in [-0.05, 0) is 18.2 Å². The van der Waals surface area contributed by atoms with E-state index < -0.39 is 17.6 Å². The summed E-state index contributed by atoms with van der Waals surface area (Å²) in [6, 6.07) is 2.37. The first-order valence-electron chi connectivity index (χ1n) is 6.28. The third-order valence-electron chi connectivity index (χ3n) is 3.05. The van der Waals surface area contributed by atoms with Gasteiger partial charge in [0.05, 0.1) is 30.5 Å². The molecule has 0 N–H and O–H groups in total. The third-order valence-corrected chi connectivity index (χ3v) is 3.05. The first-order valence-corrected chi connectivity index (χ1v) is 6.28. The lowest BCUT2D eigenvalue weighted by atomic mass is 10.2. The zero-order valence-corrected chi connectivity index (χ0v) is 13.6. The van der Waals surface area contributed by atoms with Crippen molar-refractivity contribution < 1.29 is 17.6 Å². The highest BCUT2D eigenvalue weighted by atomic mass is 35.5. The van der Waals surface area contributed by atoms with Gasteiger partial charge >= 0.3 is 6.18 Å². The van der Waals surface area contributed by atoms with E-state index in [1.165, 1.54) is 10.9 Å². The van der Waals surface area contributed by atoms with Crippen LogP contribution in [-0.4, -0.2) is 19.1 Å². The predicted octanol–water partition coefficient (Wildman–Crippen LogP) is 4.12. The van der Waals surface area contributed by atoms with Crippen molar-refractivity contribution in [2.75, 3.05) is 0 Å². The number of alkyl halides is 3. The molecule has 24 heavy (non-hydrogen) atoms. The molecule has 0 aliphatic rings. The maximum absolute atomic E-state index is 13.4. The van der Waals surface area contributed by atoms with Crippen molar-refractivity contribution in [2.24, 2.45) is 0 Å². The van der Waals surface area contributed by atoms with Crippen LogP contribution in [0.5, 0.6) is 0 Å². The van der Waals surface area contributed by atoms with Gasteiger partial charge in [0, 0.05) is 24.3 Å². The van der Waals surface area contributed by atoms with Gasteiger partial charge in [-0.3, -0.25) is 0 Å². The number of aromatic nitrogens is 4. The summed E-state index contributed by atoms with van der Waals surface area (Å²) in [7, 11) is 0. The Balaban J connectivity index is 0.00000144. The number of nitrogens with zero attached hydrogens (tertiary/aromatic N) is 4. The molecule has 2 heterocycles. The molecule has 0 saturated carbocycles. The summed E-state index contributed by atoms with van der Waals surface area (Å²) in [4.78, 5) is 7.99. The Bertz CT molecular complexity index is 784. The fourth-order valence-corrected chi connectivity index (χ4v) is 2.04. The predicted molar refractivity (Wildman–Crippen MR) is 84.3 cm³/mol. The summed E-state index contributed by atoms with van der Waals surface area (Å²) >= 11 is 0. The molecule has 1 aromatic carbocycles. The van der Waals surface area contributed by atoms with E-state index in [2.05, 4.69) is 9.97 Å². The van der Waals surface area contributed by atoms with Crippen LogP contribution in [0.3, 0.4) is 0 Å². The van der Waals surface area contributed by atoms with E-state index in [1.54, 1.807) is 29.5 Å². The van der Waals surface area contributed by atoms with E-state index in [1.807, 2.05) is 0 Å². The van der Waals surface area contributed by atoms with Crippen LogP contribution < -0.4 is 0 Å². The molecule has 0 aliphatic carbocycles. The van der Waals surface area contributed by atoms with E-state index in [9.17, 15) is 17.6 Å². The highest BCUT2D eigenvalue weighted by Gasteiger charge is 2.31. The zero-order valence-electron chi connectivity index (χ0n) is 11.9. The first kappa shape index (κ1) is 20.0. The molecule has 0 atom stereocenters. The van der Waals surface area contributed by atoms with Gasteiger partial charge in [0.25, 0.3) is 0 Å². The third kappa shape index (κ3) is 4.48. The van der Waals surface area contributed by atoms with Crippen LogP contribution in [0.2, 0.25) is 0 Å². The molecule has 0 aliphatic heterocycles. The summed E-state index contributed by atoms with van der Waals surface area (Å²) < 4.78 is 54.7. The molecule has 2 aromatic heterocycles. The fourth-order valence-electron chi connectivity index (χ4n) is 2.04. The molecule has 0 saturated heterocycles. The summed E-state index contributed by atoms with van der Waals surface area (Å²) in [5.74, 6) is -0.949. The second-order valence-corrected chi connectivity index (χ2v) is 4.70. The van der Waals surface area contributed by atoms with Crippen molar-refractivity contribution in [2.45, 2.75) is 12.7 Å². The van der Waals surface area contributed by atoms with Crippen molar-refractivity contribution in [1.29, 1.82) is 0 Å². The average Bonchev–Trinajstić information content (AvgIpc) is 3.09. The summed E-state index contributed by atoms with van der Waals surface area (Å²) in [5.41, 5.74) is -0.347. The fraction of sp³-hybridized carbons (Fsp3) is 0.143. The minimum atomic E-state index is -4.60. The van der Waals surface area contributed by atoms with E-state index >= 15 is 0 Å². The van der Waals surface area contributed by atoms with Gasteiger partial charge in [-0.1, -0.05) is 0 Å². The highest BCUT2D eigenvalue weighted by Crippen LogP contribution is 2.31. The number of hydrogen-bond acceptors (Lipinski definition) is 2. The molecule has 0 radical (unpaired) electrons. The normalized spacial score (nSPS) is 10.8. The van der Waals surface area contributed by atoms with Crippen molar-refractivity contribution in [3.63, 3.8) is 0 Å². The maximum atomic E-state index is 13.4. The number of rotatable bonds is 3. The molecular weight excluding hydrogens is 371 g/mol. The Kier molecular flexibility index (Phi) is 6.39. The summed E-state index contributed by atoms with van der Waals surface area (Å²) in [6.07, 6.45) is 3.25. The summed E-state index contributed by atoms with van der Waals surface area (Å²) in [6.45, 7) is 0.425. The van der Waals surface area contributed by atoms with Gasteiger partial charge in [0.1, 0.15) is 5.82 Å². The van der Waals surface area contributed by atoms with Crippen LogP contribution in [0.15, 0.2) is 49.4 Å². The molecule has 4 nitrogen and oxygen atoms in total. The lowest BCUT2D eigenvalue weighted by molar-refractivity contribution is -0.137. The van der Waals surface area contributed by atoms with E-state index in [0.717, 1.165) is 12.1 Å². The number of hydrogen-bond donors (Lipinski definition) is 0. The van der Waals surface area contributed by atoms with Gasteiger partial charge in [-0.25, -0.2) is 14.4 Å². The lowest BCUT2D eigenvalue weighted by Gasteiger charge is -2.09. The molecule has 0 amide bonds. The average molecular weight is 383 g/mol. The second-order valence-electron chi connectivity index (χ2n) is 4.70. The topological polar surface area (TPSA) is 35.6 Å². The van der Waals surface area contributed by atoms with E-state index in [0.29, 0.717) is 18.3 Å². The van der Waals surface area contributed by atoms with Crippen LogP contribution in [-0.2, 0) is 12.7 Å². The minimum absolute atomic E-state index is 0. The minimum Gasteiger partial charge on any atom is -0.331 e. The Morgan fingerprint density at radius 1 is 1.04 bits per heavy atom. The Morgan fingerprint density at radius 2 is 1.79 bits per heavy atom. The van der Waals surface area contributed by atoms with Crippen LogP contribution in [0.1, 0.15) is 11.3 Å². The van der Waals surface area contributed by atoms with Crippen molar-refractivity contribution in [3.8, 4) is 5.69 Å². The Hall–Kier alpha value is -2.06. The number of halogens is 6. The first-order chi connectivity index (χ1) is 10.4. The molecule has 10 heteroatoms. The van der Waals surface area contributed by atoms with Crippen molar-refractivity contribution in [3.05, 3.63) is 66.5 Å². The molecule has 0 spiro atoms. The SMILES string of the molecule is Cl.Cl.Fc1cc(-n2cnc(Cn3ccnc3)c2)cc(C(F)(F)F)c1. The summed E-state index contributed by atoms with van der Waals surface area (Å²) in [5, 5.41) is 0. The van der Waals surface area contributed by atoms with Gasteiger partial charge in [-0.2, -0.15) is 13.2 Å². The van der Waals surface area contributed by atoms with E-state index in [4.69, 9.17) is 0 Å². The van der Waals surface area contributed by atoms with Crippen LogP contribution >= 0.6 is 24.8 Å². The van der Waals surface area contributed by atoms with Crippen molar-refractivity contribution >= 4 is 24.8 Å². The van der Waals surface area contributed by atoms with Gasteiger partial charge in [0.15, 0.2) is 0 Å². The van der Waals surface area contributed by atoms with Crippen molar-refractivity contribution in [1.82, 2.24) is 19.1 Å². The monoisotopic (exact) mass is 382 g/mol. The zero-order chi connectivity index (χ0) is 15.7. The van der Waals surface area contributed by atoms with Crippen LogP contribution in [0.25, 0.3) is 5.69 Å². The molecule has 0 unspecified atom stereocenters. The standard InChI is InChI=1S/C14H10F4N4.2ClH/c15-11-3-10(14(16,17)18)4-13(5-11)22-7-12(20-9-22)6-21-2-1-19-8-21;;/h1-5,7-9H,6H2;2*1H. The molecule has 130 valence electrons. The largest absolute Gasteiger partial charge is 0.416 e. The lowest BCUT2D eigenvalue weighted by Crippen LogP contribution is -2.07. The van der Waals surface area contributed by atoms with Gasteiger partial charge in [-0.15, -0.1) is 24.8 Å². The number of benzene rings is 1. The van der Waals surface area contributed by atoms with Gasteiger partial charge < -0.3 is 9.13 Å². The maximum Gasteiger partial charge on any atom is 0.416 e. The van der Waals surface area contributed by atoms with Crippen LogP contribution in [0, 0.1) is 5.82 Å². The Labute approximate surface area is 147 Å². The smallest absolute Gasteiger partial charge is 0.331 e. The highest BCUT2D eigenvalue weighted by molar-refractivity contribution is 5.85. The molecular formula is C14H12Cl2F4N4. The second kappa shape index (κ2) is 7.67. The van der Waals surface area contributed by atoms with E-state index in [-0.39, 0.29) is 30.5 Å². The molecule has 0 bridgehead atoms.